The van der Waals surface area contributed by atoms with Gasteiger partial charge in [0.1, 0.15) is 5.69 Å². The second-order valence-corrected chi connectivity index (χ2v) is 7.55. The zero-order valence-electron chi connectivity index (χ0n) is 16.2. The van der Waals surface area contributed by atoms with E-state index in [1.54, 1.807) is 10.7 Å². The Morgan fingerprint density at radius 2 is 2.07 bits per heavy atom. The maximum atomic E-state index is 13.0. The second-order valence-electron chi connectivity index (χ2n) is 7.55. The highest BCUT2D eigenvalue weighted by atomic mass is 16.5. The standard InChI is InChI=1S/C21H26N4O3/c1-15-5-7-16(8-6-15)14-24-9-3-10-25-19(21(24)27)12-18(23-25)20(26)22-13-17-4-2-11-28-17/h5-8,12,17H,2-4,9-11,13-14H2,1H3,(H,22,26). The van der Waals surface area contributed by atoms with E-state index in [1.807, 2.05) is 11.8 Å². The van der Waals surface area contributed by atoms with E-state index in [0.717, 1.165) is 31.4 Å². The third-order valence-electron chi connectivity index (χ3n) is 5.33. The highest BCUT2D eigenvalue weighted by Gasteiger charge is 2.26. The summed E-state index contributed by atoms with van der Waals surface area (Å²) in [4.78, 5) is 27.3. The van der Waals surface area contributed by atoms with Gasteiger partial charge in [0.05, 0.1) is 6.10 Å². The molecule has 0 saturated carbocycles. The van der Waals surface area contributed by atoms with Crippen molar-refractivity contribution in [2.75, 3.05) is 19.7 Å². The minimum Gasteiger partial charge on any atom is -0.376 e. The average Bonchev–Trinajstić information content (AvgIpc) is 3.34. The van der Waals surface area contributed by atoms with Gasteiger partial charge in [-0.25, -0.2) is 0 Å². The number of ether oxygens (including phenoxy) is 1. The number of aryl methyl sites for hydroxylation is 2. The fourth-order valence-electron chi connectivity index (χ4n) is 3.71. The number of amides is 2. The van der Waals surface area contributed by atoms with E-state index >= 15 is 0 Å². The van der Waals surface area contributed by atoms with Crippen LogP contribution in [0.25, 0.3) is 0 Å². The third kappa shape index (κ3) is 4.09. The summed E-state index contributed by atoms with van der Waals surface area (Å²) in [6.07, 6.45) is 2.89. The Bertz CT molecular complexity index is 853. The predicted molar refractivity (Wildman–Crippen MR) is 104 cm³/mol. The van der Waals surface area contributed by atoms with Gasteiger partial charge in [-0.1, -0.05) is 29.8 Å². The number of rotatable bonds is 5. The molecule has 2 aliphatic heterocycles. The summed E-state index contributed by atoms with van der Waals surface area (Å²) >= 11 is 0. The highest BCUT2D eigenvalue weighted by molar-refractivity contribution is 5.98. The van der Waals surface area contributed by atoms with Crippen molar-refractivity contribution in [3.8, 4) is 0 Å². The first-order valence-electron chi connectivity index (χ1n) is 9.92. The summed E-state index contributed by atoms with van der Waals surface area (Å²) in [7, 11) is 0. The van der Waals surface area contributed by atoms with Crippen LogP contribution in [0.5, 0.6) is 0 Å². The van der Waals surface area contributed by atoms with Gasteiger partial charge >= 0.3 is 0 Å². The first-order valence-corrected chi connectivity index (χ1v) is 9.92. The number of benzene rings is 1. The molecular formula is C21H26N4O3. The lowest BCUT2D eigenvalue weighted by atomic mass is 10.1. The van der Waals surface area contributed by atoms with Crippen molar-refractivity contribution in [1.29, 1.82) is 0 Å². The molecule has 0 bridgehead atoms. The second kappa shape index (κ2) is 8.14. The Labute approximate surface area is 164 Å². The van der Waals surface area contributed by atoms with Gasteiger partial charge in [0.15, 0.2) is 5.69 Å². The van der Waals surface area contributed by atoms with Crippen LogP contribution in [-0.2, 0) is 17.8 Å². The molecule has 1 atom stereocenters. The van der Waals surface area contributed by atoms with Gasteiger partial charge in [-0.15, -0.1) is 0 Å². The lowest BCUT2D eigenvalue weighted by molar-refractivity contribution is 0.0745. The zero-order chi connectivity index (χ0) is 19.5. The van der Waals surface area contributed by atoms with Gasteiger partial charge < -0.3 is 15.0 Å². The Morgan fingerprint density at radius 1 is 1.25 bits per heavy atom. The van der Waals surface area contributed by atoms with Gasteiger partial charge in [-0.2, -0.15) is 5.10 Å². The Kier molecular flexibility index (Phi) is 5.43. The van der Waals surface area contributed by atoms with Crippen molar-refractivity contribution in [2.24, 2.45) is 0 Å². The number of nitrogens with one attached hydrogen (secondary N) is 1. The molecule has 2 aliphatic rings. The molecule has 1 N–H and O–H groups in total. The van der Waals surface area contributed by atoms with Gasteiger partial charge in [0.25, 0.3) is 11.8 Å². The lowest BCUT2D eigenvalue weighted by Gasteiger charge is -2.20. The Balaban J connectivity index is 1.45. The normalized spacial score (nSPS) is 19.4. The first kappa shape index (κ1) is 18.7. The largest absolute Gasteiger partial charge is 0.376 e. The minimum atomic E-state index is -0.256. The first-order chi connectivity index (χ1) is 13.6. The van der Waals surface area contributed by atoms with Crippen LogP contribution >= 0.6 is 0 Å². The molecule has 148 valence electrons. The average molecular weight is 382 g/mol. The maximum absolute atomic E-state index is 13.0. The fraction of sp³-hybridized carbons (Fsp3) is 0.476. The van der Waals surface area contributed by atoms with Crippen molar-refractivity contribution >= 4 is 11.8 Å². The summed E-state index contributed by atoms with van der Waals surface area (Å²) in [5, 5.41) is 7.25. The number of fused-ring (bicyclic) bond motifs is 1. The summed E-state index contributed by atoms with van der Waals surface area (Å²) in [6.45, 7) is 5.15. The maximum Gasteiger partial charge on any atom is 0.272 e. The van der Waals surface area contributed by atoms with Crippen LogP contribution in [0.2, 0.25) is 0 Å². The van der Waals surface area contributed by atoms with Crippen LogP contribution in [-0.4, -0.2) is 52.3 Å². The predicted octanol–water partition coefficient (Wildman–Crippen LogP) is 2.15. The van der Waals surface area contributed by atoms with Crippen LogP contribution in [0.3, 0.4) is 0 Å². The monoisotopic (exact) mass is 382 g/mol. The SMILES string of the molecule is Cc1ccc(CN2CCCn3nc(C(=O)NCC4CCCO4)cc3C2=O)cc1. The highest BCUT2D eigenvalue weighted by Crippen LogP contribution is 2.17. The van der Waals surface area contributed by atoms with Crippen LogP contribution in [0.1, 0.15) is 51.4 Å². The molecule has 1 aromatic heterocycles. The van der Waals surface area contributed by atoms with Crippen molar-refractivity contribution < 1.29 is 14.3 Å². The van der Waals surface area contributed by atoms with E-state index in [1.165, 1.54) is 5.56 Å². The number of hydrogen-bond donors (Lipinski definition) is 1. The van der Waals surface area contributed by atoms with Gasteiger partial charge in [0.2, 0.25) is 0 Å². The number of nitrogens with zero attached hydrogens (tertiary/aromatic N) is 3. The molecule has 1 fully saturated rings. The molecule has 2 aromatic rings. The van der Waals surface area contributed by atoms with Crippen molar-refractivity contribution in [3.63, 3.8) is 0 Å². The van der Waals surface area contributed by atoms with Crippen LogP contribution in [0.4, 0.5) is 0 Å². The molecular weight excluding hydrogens is 356 g/mol. The molecule has 0 spiro atoms. The fourth-order valence-corrected chi connectivity index (χ4v) is 3.71. The van der Waals surface area contributed by atoms with Gasteiger partial charge in [-0.05, 0) is 31.7 Å². The molecule has 4 rings (SSSR count). The van der Waals surface area contributed by atoms with Crippen molar-refractivity contribution in [1.82, 2.24) is 20.0 Å². The quantitative estimate of drug-likeness (QED) is 0.860. The minimum absolute atomic E-state index is 0.0797. The third-order valence-corrected chi connectivity index (χ3v) is 5.33. The molecule has 28 heavy (non-hydrogen) atoms. The number of carbonyl (C=O) groups excluding carboxylic acids is 2. The number of aromatic nitrogens is 2. The zero-order valence-corrected chi connectivity index (χ0v) is 16.2. The molecule has 0 aliphatic carbocycles. The topological polar surface area (TPSA) is 76.5 Å². The van der Waals surface area contributed by atoms with Gasteiger partial charge in [0, 0.05) is 38.9 Å². The van der Waals surface area contributed by atoms with Crippen LogP contribution in [0, 0.1) is 6.92 Å². The Morgan fingerprint density at radius 3 is 2.82 bits per heavy atom. The van der Waals surface area contributed by atoms with Crippen molar-refractivity contribution in [3.05, 3.63) is 52.8 Å². The number of hydrogen-bond acceptors (Lipinski definition) is 4. The van der Waals surface area contributed by atoms with E-state index in [4.69, 9.17) is 4.74 Å². The van der Waals surface area contributed by atoms with E-state index in [9.17, 15) is 9.59 Å². The van der Waals surface area contributed by atoms with Crippen molar-refractivity contribution in [2.45, 2.75) is 45.4 Å². The van der Waals surface area contributed by atoms with E-state index in [2.05, 4.69) is 34.7 Å². The smallest absolute Gasteiger partial charge is 0.272 e. The molecule has 1 saturated heterocycles. The molecule has 0 radical (unpaired) electrons. The number of carbonyl (C=O) groups is 2. The van der Waals surface area contributed by atoms with Crippen LogP contribution < -0.4 is 5.32 Å². The van der Waals surface area contributed by atoms with Crippen LogP contribution in [0.15, 0.2) is 30.3 Å². The molecule has 7 heteroatoms. The molecule has 1 aromatic carbocycles. The van der Waals surface area contributed by atoms with Gasteiger partial charge in [-0.3, -0.25) is 14.3 Å². The summed E-state index contributed by atoms with van der Waals surface area (Å²) in [5.74, 6) is -0.335. The summed E-state index contributed by atoms with van der Waals surface area (Å²) in [6, 6.07) is 9.82. The Hall–Kier alpha value is -2.67. The van der Waals surface area contributed by atoms with E-state index in [-0.39, 0.29) is 17.9 Å². The molecule has 1 unspecified atom stereocenters. The molecule has 3 heterocycles. The molecule has 2 amide bonds. The summed E-state index contributed by atoms with van der Waals surface area (Å²) < 4.78 is 7.20. The lowest BCUT2D eigenvalue weighted by Crippen LogP contribution is -2.32. The van der Waals surface area contributed by atoms with E-state index < -0.39 is 0 Å². The molecule has 7 nitrogen and oxygen atoms in total. The summed E-state index contributed by atoms with van der Waals surface area (Å²) in [5.41, 5.74) is 3.06. The van der Waals surface area contributed by atoms with E-state index in [0.29, 0.717) is 37.6 Å².